The van der Waals surface area contributed by atoms with Crippen LogP contribution in [0.3, 0.4) is 0 Å². The van der Waals surface area contributed by atoms with Crippen LogP contribution in [-0.4, -0.2) is 30.0 Å². The van der Waals surface area contributed by atoms with Gasteiger partial charge in [0.15, 0.2) is 5.96 Å². The molecule has 0 radical (unpaired) electrons. The summed E-state index contributed by atoms with van der Waals surface area (Å²) in [5, 5.41) is 0.796. The van der Waals surface area contributed by atoms with Crippen molar-refractivity contribution in [1.82, 2.24) is 4.90 Å². The highest BCUT2D eigenvalue weighted by atomic mass is 127. The van der Waals surface area contributed by atoms with Crippen molar-refractivity contribution < 1.29 is 0 Å². The Morgan fingerprint density at radius 2 is 2.16 bits per heavy atom. The van der Waals surface area contributed by atoms with Gasteiger partial charge in [0, 0.05) is 24.0 Å². The van der Waals surface area contributed by atoms with E-state index in [1.807, 2.05) is 25.2 Å². The van der Waals surface area contributed by atoms with Gasteiger partial charge < -0.3 is 10.6 Å². The second kappa shape index (κ2) is 5.87. The van der Waals surface area contributed by atoms with Crippen LogP contribution in [0.2, 0.25) is 5.02 Å². The maximum absolute atomic E-state index is 6.02. The van der Waals surface area contributed by atoms with E-state index in [1.165, 1.54) is 18.4 Å². The van der Waals surface area contributed by atoms with Crippen molar-refractivity contribution in [3.63, 3.8) is 0 Å². The Hall–Kier alpha value is -0.490. The highest BCUT2D eigenvalue weighted by Gasteiger charge is 2.39. The molecule has 2 saturated carbocycles. The third-order valence-corrected chi connectivity index (χ3v) is 4.02. The summed E-state index contributed by atoms with van der Waals surface area (Å²) in [5.41, 5.74) is 7.30. The number of hydrogen-bond acceptors (Lipinski definition) is 1. The maximum atomic E-state index is 6.02. The second-order valence-corrected chi connectivity index (χ2v) is 5.73. The quantitative estimate of drug-likeness (QED) is 0.488. The molecule has 3 rings (SSSR count). The topological polar surface area (TPSA) is 41.6 Å². The number of nitrogens with two attached hydrogens (primary N) is 1. The molecule has 2 unspecified atom stereocenters. The number of guanidine groups is 1. The third-order valence-electron chi connectivity index (χ3n) is 3.79. The number of rotatable bonds is 3. The van der Waals surface area contributed by atoms with Gasteiger partial charge >= 0.3 is 0 Å². The van der Waals surface area contributed by atoms with E-state index in [9.17, 15) is 0 Å². The zero-order valence-electron chi connectivity index (χ0n) is 10.9. The lowest BCUT2D eigenvalue weighted by Crippen LogP contribution is -2.36. The Kier molecular flexibility index (Phi) is 4.61. The highest BCUT2D eigenvalue weighted by Crippen LogP contribution is 2.44. The molecule has 0 spiro atoms. The van der Waals surface area contributed by atoms with Gasteiger partial charge in [0.05, 0.1) is 6.04 Å². The van der Waals surface area contributed by atoms with E-state index >= 15 is 0 Å². The zero-order valence-corrected chi connectivity index (χ0v) is 14.0. The number of benzene rings is 1. The fraction of sp³-hybridized carbons (Fsp3) is 0.500. The van der Waals surface area contributed by atoms with Crippen molar-refractivity contribution in [2.24, 2.45) is 10.7 Å². The number of halogens is 2. The molecule has 0 heterocycles. The summed E-state index contributed by atoms with van der Waals surface area (Å²) < 4.78 is 0. The van der Waals surface area contributed by atoms with E-state index in [1.54, 1.807) is 0 Å². The third kappa shape index (κ3) is 3.54. The minimum absolute atomic E-state index is 0. The molecule has 104 valence electrons. The molecule has 1 aromatic rings. The summed E-state index contributed by atoms with van der Waals surface area (Å²) in [6, 6.07) is 9.01. The van der Waals surface area contributed by atoms with Gasteiger partial charge in [0.25, 0.3) is 0 Å². The molecule has 0 amide bonds. The lowest BCUT2D eigenvalue weighted by Gasteiger charge is -2.16. The molecule has 1 aromatic carbocycles. The fourth-order valence-electron chi connectivity index (χ4n) is 2.33. The monoisotopic (exact) mass is 391 g/mol. The van der Waals surface area contributed by atoms with Crippen LogP contribution >= 0.6 is 35.6 Å². The van der Waals surface area contributed by atoms with E-state index in [-0.39, 0.29) is 24.0 Å². The van der Waals surface area contributed by atoms with Gasteiger partial charge in [-0.3, -0.25) is 0 Å². The first-order valence-corrected chi connectivity index (χ1v) is 6.84. The summed E-state index contributed by atoms with van der Waals surface area (Å²) in [4.78, 5) is 6.72. The molecule has 0 aliphatic heterocycles. The summed E-state index contributed by atoms with van der Waals surface area (Å²) in [5.74, 6) is 1.18. The Labute approximate surface area is 136 Å². The lowest BCUT2D eigenvalue weighted by atomic mass is 10.1. The normalized spacial score (nSPS) is 25.7. The van der Waals surface area contributed by atoms with Crippen molar-refractivity contribution in [3.8, 4) is 0 Å². The van der Waals surface area contributed by atoms with Crippen LogP contribution in [-0.2, 0) is 0 Å². The predicted molar refractivity (Wildman–Crippen MR) is 90.4 cm³/mol. The number of aliphatic imine (C=N–C) groups is 1. The number of hydrogen-bond donors (Lipinski definition) is 1. The van der Waals surface area contributed by atoms with E-state index in [0.717, 1.165) is 11.4 Å². The average Bonchev–Trinajstić information content (AvgIpc) is 3.22. The first kappa shape index (κ1) is 14.9. The molecule has 3 nitrogen and oxygen atoms in total. The molecule has 0 bridgehead atoms. The van der Waals surface area contributed by atoms with Crippen LogP contribution in [0.25, 0.3) is 0 Å². The Morgan fingerprint density at radius 1 is 1.42 bits per heavy atom. The highest BCUT2D eigenvalue weighted by molar-refractivity contribution is 14.0. The molecule has 0 saturated heterocycles. The molecule has 2 atom stereocenters. The van der Waals surface area contributed by atoms with Crippen LogP contribution in [0.15, 0.2) is 29.3 Å². The van der Waals surface area contributed by atoms with Crippen LogP contribution in [0.4, 0.5) is 0 Å². The van der Waals surface area contributed by atoms with E-state index in [0.29, 0.717) is 24.0 Å². The number of nitrogens with zero attached hydrogens (tertiary/aromatic N) is 2. The van der Waals surface area contributed by atoms with Crippen molar-refractivity contribution >= 4 is 41.5 Å². The molecule has 2 N–H and O–H groups in total. The first-order valence-electron chi connectivity index (χ1n) is 6.46. The van der Waals surface area contributed by atoms with Gasteiger partial charge in [0.1, 0.15) is 0 Å². The Morgan fingerprint density at radius 3 is 2.79 bits per heavy atom. The fourth-order valence-corrected chi connectivity index (χ4v) is 2.53. The smallest absolute Gasteiger partial charge is 0.191 e. The zero-order chi connectivity index (χ0) is 12.7. The SMILES string of the molecule is CN(C(N)=NC1CC1c1cccc(Cl)c1)C1CC1.I. The first-order chi connectivity index (χ1) is 8.65. The van der Waals surface area contributed by atoms with Crippen molar-refractivity contribution in [2.75, 3.05) is 7.05 Å². The molecule has 2 aliphatic rings. The molecule has 2 aliphatic carbocycles. The molecule has 0 aromatic heterocycles. The summed E-state index contributed by atoms with van der Waals surface area (Å²) in [6.45, 7) is 0. The predicted octanol–water partition coefficient (Wildman–Crippen LogP) is 3.22. The van der Waals surface area contributed by atoms with Gasteiger partial charge in [-0.2, -0.15) is 0 Å². The van der Waals surface area contributed by atoms with Crippen molar-refractivity contribution in [2.45, 2.75) is 37.3 Å². The molecule has 5 heteroatoms. The Bertz CT molecular complexity index is 487. The van der Waals surface area contributed by atoms with Crippen molar-refractivity contribution in [3.05, 3.63) is 34.9 Å². The minimum atomic E-state index is 0. The Balaban J connectivity index is 0.00000133. The van der Waals surface area contributed by atoms with Gasteiger partial charge in [-0.05, 0) is 37.0 Å². The lowest BCUT2D eigenvalue weighted by molar-refractivity contribution is 0.487. The largest absolute Gasteiger partial charge is 0.370 e. The molecule has 2 fully saturated rings. The molecular formula is C14H19ClIN3. The van der Waals surface area contributed by atoms with E-state index in [2.05, 4.69) is 16.0 Å². The van der Waals surface area contributed by atoms with Crippen LogP contribution in [0.5, 0.6) is 0 Å². The summed E-state index contributed by atoms with van der Waals surface area (Å²) in [6.07, 6.45) is 3.57. The summed E-state index contributed by atoms with van der Waals surface area (Å²) in [7, 11) is 2.03. The minimum Gasteiger partial charge on any atom is -0.370 e. The summed E-state index contributed by atoms with van der Waals surface area (Å²) >= 11 is 6.00. The van der Waals surface area contributed by atoms with Gasteiger partial charge in [0.2, 0.25) is 0 Å². The van der Waals surface area contributed by atoms with Gasteiger partial charge in [-0.1, -0.05) is 23.7 Å². The van der Waals surface area contributed by atoms with Crippen molar-refractivity contribution in [1.29, 1.82) is 0 Å². The van der Waals surface area contributed by atoms with Crippen LogP contribution in [0, 0.1) is 0 Å². The van der Waals surface area contributed by atoms with E-state index < -0.39 is 0 Å². The second-order valence-electron chi connectivity index (χ2n) is 5.29. The molecule has 19 heavy (non-hydrogen) atoms. The van der Waals surface area contributed by atoms with Gasteiger partial charge in [-0.25, -0.2) is 4.99 Å². The van der Waals surface area contributed by atoms with Gasteiger partial charge in [-0.15, -0.1) is 24.0 Å². The maximum Gasteiger partial charge on any atom is 0.191 e. The van der Waals surface area contributed by atoms with Crippen LogP contribution in [0.1, 0.15) is 30.7 Å². The molecular weight excluding hydrogens is 373 g/mol. The van der Waals surface area contributed by atoms with E-state index in [4.69, 9.17) is 17.3 Å². The standard InChI is InChI=1S/C14H18ClN3.HI/c1-18(11-5-6-11)14(16)17-13-8-12(13)9-3-2-4-10(15)7-9;/h2-4,7,11-13H,5-6,8H2,1H3,(H2,16,17);1H. The van der Waals surface area contributed by atoms with Crippen LogP contribution < -0.4 is 5.73 Å². The average molecular weight is 392 g/mol.